The van der Waals surface area contributed by atoms with E-state index in [-0.39, 0.29) is 5.54 Å². The van der Waals surface area contributed by atoms with Crippen molar-refractivity contribution in [3.63, 3.8) is 0 Å². The largest absolute Gasteiger partial charge is 0.497 e. The molecule has 3 N–H and O–H groups in total. The molecule has 2 aliphatic heterocycles. The summed E-state index contributed by atoms with van der Waals surface area (Å²) in [6.45, 7) is 5.25. The van der Waals surface area contributed by atoms with Gasteiger partial charge in [-0.15, -0.1) is 0 Å². The van der Waals surface area contributed by atoms with Gasteiger partial charge < -0.3 is 24.6 Å². The Morgan fingerprint density at radius 2 is 1.20 bits per heavy atom. The lowest BCUT2D eigenvalue weighted by Gasteiger charge is -2.49. The van der Waals surface area contributed by atoms with Gasteiger partial charge in [-0.25, -0.2) is 19.4 Å². The van der Waals surface area contributed by atoms with Gasteiger partial charge in [0.1, 0.15) is 11.6 Å². The van der Waals surface area contributed by atoms with Crippen LogP contribution in [-0.2, 0) is 33.0 Å². The van der Waals surface area contributed by atoms with Crippen molar-refractivity contribution in [2.45, 2.75) is 50.0 Å². The number of hydrogen-bond acceptors (Lipinski definition) is 7. The lowest BCUT2D eigenvalue weighted by Crippen LogP contribution is -2.56. The number of rotatable bonds is 4. The number of ether oxygens (including phenoxy) is 1. The number of halogens is 9. The molecule has 0 radical (unpaired) electrons. The molecule has 0 amide bonds. The highest BCUT2D eigenvalue weighted by Gasteiger charge is 2.45. The summed E-state index contributed by atoms with van der Waals surface area (Å²) in [5.74, 6) is -6.10. The first kappa shape index (κ1) is 42.3. The highest BCUT2D eigenvalue weighted by atomic mass is 19.4. The molecular formula is C31H33F9N4O7. The molecule has 3 aromatic rings. The number of carbonyl (C=O) groups is 3. The summed E-state index contributed by atoms with van der Waals surface area (Å²) in [7, 11) is 3.99. The van der Waals surface area contributed by atoms with Crippen LogP contribution >= 0.6 is 0 Å². The van der Waals surface area contributed by atoms with Crippen molar-refractivity contribution in [2.75, 3.05) is 33.8 Å². The summed E-state index contributed by atoms with van der Waals surface area (Å²) in [5.41, 5.74) is 3.89. The third kappa shape index (κ3) is 12.2. The Morgan fingerprint density at radius 1 is 0.745 bits per heavy atom. The van der Waals surface area contributed by atoms with Crippen molar-refractivity contribution in [3.05, 3.63) is 72.2 Å². The molecule has 3 heterocycles. The Kier molecular flexibility index (Phi) is 14.4. The number of piperidine rings is 1. The first-order valence-electron chi connectivity index (χ1n) is 14.6. The molecule has 1 spiro atoms. The van der Waals surface area contributed by atoms with E-state index in [1.165, 1.54) is 22.6 Å². The average Bonchev–Trinajstić information content (AvgIpc) is 3.49. The molecule has 2 aromatic carbocycles. The van der Waals surface area contributed by atoms with E-state index in [4.69, 9.17) is 39.4 Å². The molecule has 1 saturated heterocycles. The number of fused-ring (bicyclic) bond motifs is 2. The van der Waals surface area contributed by atoms with Gasteiger partial charge in [0.05, 0.1) is 24.5 Å². The molecule has 0 saturated carbocycles. The highest BCUT2D eigenvalue weighted by Crippen LogP contribution is 2.41. The second-order valence-electron chi connectivity index (χ2n) is 11.0. The highest BCUT2D eigenvalue weighted by molar-refractivity contribution is 5.73. The first-order chi connectivity index (χ1) is 23.5. The third-order valence-corrected chi connectivity index (χ3v) is 7.71. The Hall–Kier alpha value is -4.85. The number of carboxylic acids is 3. The number of methoxy groups -OCH3 is 1. The first-order valence-corrected chi connectivity index (χ1v) is 14.6. The predicted molar refractivity (Wildman–Crippen MR) is 161 cm³/mol. The molecular weight excluding hydrogens is 711 g/mol. The van der Waals surface area contributed by atoms with Gasteiger partial charge in [-0.2, -0.15) is 39.5 Å². The summed E-state index contributed by atoms with van der Waals surface area (Å²) in [5, 5.41) is 21.4. The SMILES string of the molecule is COc1ccc(CN2CCC3(CC2)c2ncc(-c4ccccc4)n2CCN3C)cc1.O=C(O)C(F)(F)F.O=C(O)C(F)(F)F.O=C(O)C(F)(F)F. The molecule has 0 atom stereocenters. The maximum Gasteiger partial charge on any atom is 0.490 e. The lowest BCUT2D eigenvalue weighted by atomic mass is 9.83. The fraction of sp³-hybridized carbons (Fsp3) is 0.419. The van der Waals surface area contributed by atoms with Crippen LogP contribution in [0.15, 0.2) is 60.8 Å². The molecule has 5 rings (SSSR count). The fourth-order valence-electron chi connectivity index (χ4n) is 5.12. The van der Waals surface area contributed by atoms with Gasteiger partial charge in [-0.05, 0) is 43.1 Å². The smallest absolute Gasteiger partial charge is 0.490 e. The molecule has 0 unspecified atom stereocenters. The summed E-state index contributed by atoms with van der Waals surface area (Å²) >= 11 is 0. The van der Waals surface area contributed by atoms with Gasteiger partial charge >= 0.3 is 36.4 Å². The number of carboxylic acid groups (broad SMARTS) is 3. The minimum Gasteiger partial charge on any atom is -0.497 e. The maximum atomic E-state index is 10.6. The van der Waals surface area contributed by atoms with Crippen LogP contribution in [0.3, 0.4) is 0 Å². The quantitative estimate of drug-likeness (QED) is 0.277. The van der Waals surface area contributed by atoms with Crippen LogP contribution in [0.25, 0.3) is 11.3 Å². The molecule has 11 nitrogen and oxygen atoms in total. The number of imidazole rings is 1. The van der Waals surface area contributed by atoms with E-state index in [2.05, 4.69) is 82.2 Å². The van der Waals surface area contributed by atoms with Crippen LogP contribution in [0.2, 0.25) is 0 Å². The lowest BCUT2D eigenvalue weighted by molar-refractivity contribution is -0.193. The number of aliphatic carboxylic acids is 3. The number of hydrogen-bond donors (Lipinski definition) is 3. The normalized spacial score (nSPS) is 15.8. The Morgan fingerprint density at radius 3 is 1.61 bits per heavy atom. The van der Waals surface area contributed by atoms with Crippen LogP contribution in [0.5, 0.6) is 5.75 Å². The molecule has 1 aromatic heterocycles. The molecule has 0 bridgehead atoms. The van der Waals surface area contributed by atoms with Gasteiger partial charge in [0, 0.05) is 32.7 Å². The summed E-state index contributed by atoms with van der Waals surface area (Å²) in [4.78, 5) is 36.8. The van der Waals surface area contributed by atoms with E-state index in [0.717, 1.165) is 51.3 Å². The van der Waals surface area contributed by atoms with E-state index in [9.17, 15) is 39.5 Å². The second-order valence-corrected chi connectivity index (χ2v) is 11.0. The number of likely N-dealkylation sites (tertiary alicyclic amines) is 1. The van der Waals surface area contributed by atoms with E-state index in [0.29, 0.717) is 0 Å². The zero-order valence-electron chi connectivity index (χ0n) is 26.9. The molecule has 20 heteroatoms. The van der Waals surface area contributed by atoms with E-state index < -0.39 is 36.4 Å². The van der Waals surface area contributed by atoms with E-state index in [1.807, 2.05) is 0 Å². The Balaban J connectivity index is 0.000000352. The summed E-state index contributed by atoms with van der Waals surface area (Å²) < 4.78 is 103. The van der Waals surface area contributed by atoms with E-state index >= 15 is 0 Å². The van der Waals surface area contributed by atoms with Crippen molar-refractivity contribution in [2.24, 2.45) is 0 Å². The van der Waals surface area contributed by atoms with Gasteiger partial charge in [-0.1, -0.05) is 42.5 Å². The summed E-state index contributed by atoms with van der Waals surface area (Å²) in [6, 6.07) is 19.1. The maximum absolute atomic E-state index is 10.6. The predicted octanol–water partition coefficient (Wildman–Crippen LogP) is 5.90. The molecule has 0 aliphatic carbocycles. The zero-order valence-corrected chi connectivity index (χ0v) is 26.9. The monoisotopic (exact) mass is 744 g/mol. The zero-order chi connectivity index (χ0) is 38.8. The van der Waals surface area contributed by atoms with Crippen molar-refractivity contribution < 1.29 is 74.0 Å². The number of nitrogens with zero attached hydrogens (tertiary/aromatic N) is 4. The van der Waals surface area contributed by atoms with Crippen molar-refractivity contribution >= 4 is 17.9 Å². The van der Waals surface area contributed by atoms with Crippen LogP contribution in [-0.4, -0.2) is 105 Å². The van der Waals surface area contributed by atoms with Crippen LogP contribution in [0.4, 0.5) is 39.5 Å². The number of likely N-dealkylation sites (N-methyl/N-ethyl adjacent to an activating group) is 1. The van der Waals surface area contributed by atoms with Gasteiger partial charge in [0.15, 0.2) is 0 Å². The minimum absolute atomic E-state index is 0.0433. The number of aromatic nitrogens is 2. The number of alkyl halides is 9. The molecule has 2 aliphatic rings. The number of benzene rings is 2. The van der Waals surface area contributed by atoms with Crippen molar-refractivity contribution in [1.29, 1.82) is 0 Å². The average molecular weight is 745 g/mol. The second kappa shape index (κ2) is 17.4. The Labute approximate surface area is 284 Å². The van der Waals surface area contributed by atoms with Crippen molar-refractivity contribution in [3.8, 4) is 17.0 Å². The van der Waals surface area contributed by atoms with Gasteiger partial charge in [0.25, 0.3) is 0 Å². The fourth-order valence-corrected chi connectivity index (χ4v) is 5.12. The van der Waals surface area contributed by atoms with Crippen LogP contribution in [0, 0.1) is 0 Å². The van der Waals surface area contributed by atoms with Gasteiger partial charge in [0.2, 0.25) is 0 Å². The minimum atomic E-state index is -5.08. The molecule has 282 valence electrons. The van der Waals surface area contributed by atoms with Crippen LogP contribution in [0.1, 0.15) is 24.2 Å². The van der Waals surface area contributed by atoms with E-state index in [1.54, 1.807) is 7.11 Å². The third-order valence-electron chi connectivity index (χ3n) is 7.71. The topological polar surface area (TPSA) is 145 Å². The molecule has 1 fully saturated rings. The Bertz CT molecular complexity index is 1530. The molecule has 51 heavy (non-hydrogen) atoms. The standard InChI is InChI=1S/C25H30N4O.3C2HF3O2/c1-27-16-17-29-23(21-6-4-3-5-7-21)18-26-24(29)25(27)12-14-28(15-13-25)19-20-8-10-22(30-2)11-9-20;3*3-2(4,5)1(6)7/h3-11,18H,12-17,19H2,1-2H3;3*(H,6,7). The van der Waals surface area contributed by atoms with Crippen LogP contribution < -0.4 is 4.74 Å². The van der Waals surface area contributed by atoms with Crippen molar-refractivity contribution in [1.82, 2.24) is 19.4 Å². The van der Waals surface area contributed by atoms with Gasteiger partial charge in [-0.3, -0.25) is 9.80 Å². The summed E-state index contributed by atoms with van der Waals surface area (Å²) in [6.07, 6.45) is -10.9.